The molecule has 0 saturated carbocycles. The predicted molar refractivity (Wildman–Crippen MR) is 88.6 cm³/mol. The van der Waals surface area contributed by atoms with Crippen LogP contribution < -0.4 is 10.5 Å². The van der Waals surface area contributed by atoms with Gasteiger partial charge in [0.25, 0.3) is 11.6 Å². The average molecular weight is 316 g/mol. The Kier molecular flexibility index (Phi) is 4.24. The van der Waals surface area contributed by atoms with Crippen molar-refractivity contribution in [2.75, 3.05) is 18.0 Å². The van der Waals surface area contributed by atoms with E-state index in [0.29, 0.717) is 18.5 Å². The zero-order valence-electron chi connectivity index (χ0n) is 14.0. The molecule has 23 heavy (non-hydrogen) atoms. The highest BCUT2D eigenvalue weighted by molar-refractivity contribution is 5.25. The molecule has 0 bridgehead atoms. The van der Waals surface area contributed by atoms with Gasteiger partial charge >= 0.3 is 0 Å². The summed E-state index contributed by atoms with van der Waals surface area (Å²) in [6.07, 6.45) is 5.29. The lowest BCUT2D eigenvalue weighted by Gasteiger charge is -2.31. The number of oxazole rings is 1. The Morgan fingerprint density at radius 3 is 2.61 bits per heavy atom. The van der Waals surface area contributed by atoms with E-state index in [0.717, 1.165) is 31.6 Å². The van der Waals surface area contributed by atoms with Gasteiger partial charge in [-0.2, -0.15) is 5.10 Å². The molecule has 2 aromatic rings. The van der Waals surface area contributed by atoms with Crippen molar-refractivity contribution in [2.45, 2.75) is 45.6 Å². The number of hydrogen-bond donors (Lipinski definition) is 0. The van der Waals surface area contributed by atoms with Gasteiger partial charge in [0, 0.05) is 31.1 Å². The van der Waals surface area contributed by atoms with Crippen molar-refractivity contribution in [1.82, 2.24) is 14.8 Å². The fourth-order valence-corrected chi connectivity index (χ4v) is 2.90. The van der Waals surface area contributed by atoms with Crippen LogP contribution >= 0.6 is 0 Å². The second-order valence-corrected chi connectivity index (χ2v) is 7.23. The molecule has 0 amide bonds. The molecule has 0 aliphatic carbocycles. The van der Waals surface area contributed by atoms with E-state index in [1.54, 1.807) is 23.2 Å². The van der Waals surface area contributed by atoms with Gasteiger partial charge in [-0.25, -0.2) is 9.67 Å². The van der Waals surface area contributed by atoms with Crippen LogP contribution in [-0.4, -0.2) is 27.9 Å². The average Bonchev–Trinajstić information content (AvgIpc) is 3.03. The Hall–Kier alpha value is -2.11. The summed E-state index contributed by atoms with van der Waals surface area (Å²) in [4.78, 5) is 18.4. The monoisotopic (exact) mass is 316 g/mol. The lowest BCUT2D eigenvalue weighted by Crippen LogP contribution is -2.37. The van der Waals surface area contributed by atoms with Gasteiger partial charge in [-0.1, -0.05) is 20.8 Å². The molecule has 0 atom stereocenters. The summed E-state index contributed by atoms with van der Waals surface area (Å²) in [7, 11) is 0. The molecule has 1 fully saturated rings. The summed E-state index contributed by atoms with van der Waals surface area (Å²) in [6, 6.07) is 4.16. The molecule has 6 heteroatoms. The minimum atomic E-state index is -0.0518. The first-order valence-corrected chi connectivity index (χ1v) is 8.16. The molecular weight excluding hydrogens is 292 g/mol. The van der Waals surface area contributed by atoms with Crippen molar-refractivity contribution in [3.63, 3.8) is 0 Å². The van der Waals surface area contributed by atoms with Crippen LogP contribution in [0.4, 0.5) is 6.01 Å². The minimum absolute atomic E-state index is 0.0202. The van der Waals surface area contributed by atoms with Gasteiger partial charge in [0.15, 0.2) is 0 Å². The zero-order valence-corrected chi connectivity index (χ0v) is 14.0. The summed E-state index contributed by atoms with van der Waals surface area (Å²) >= 11 is 0. The molecule has 0 aromatic carbocycles. The Balaban J connectivity index is 1.66. The van der Waals surface area contributed by atoms with E-state index in [1.807, 2.05) is 6.07 Å². The highest BCUT2D eigenvalue weighted by atomic mass is 16.4. The van der Waals surface area contributed by atoms with Gasteiger partial charge in [0.1, 0.15) is 6.26 Å². The Labute approximate surface area is 136 Å². The Morgan fingerprint density at radius 2 is 2.00 bits per heavy atom. The van der Waals surface area contributed by atoms with Gasteiger partial charge in [-0.15, -0.1) is 0 Å². The summed E-state index contributed by atoms with van der Waals surface area (Å²) in [6.45, 7) is 8.82. The minimum Gasteiger partial charge on any atom is -0.432 e. The molecule has 0 N–H and O–H groups in total. The molecular formula is C17H24N4O2. The van der Waals surface area contributed by atoms with E-state index in [-0.39, 0.29) is 11.0 Å². The van der Waals surface area contributed by atoms with E-state index in [9.17, 15) is 4.79 Å². The SMILES string of the molecule is CC(C)(C)c1ccc(=O)n(CC2CCN(c3ncco3)CC2)n1. The van der Waals surface area contributed by atoms with Crippen molar-refractivity contribution in [3.05, 3.63) is 40.6 Å². The van der Waals surface area contributed by atoms with E-state index >= 15 is 0 Å². The second-order valence-electron chi connectivity index (χ2n) is 7.23. The lowest BCUT2D eigenvalue weighted by atomic mass is 9.92. The van der Waals surface area contributed by atoms with Crippen molar-refractivity contribution in [3.8, 4) is 0 Å². The Bertz CT molecular complexity index is 692. The fourth-order valence-electron chi connectivity index (χ4n) is 2.90. The standard InChI is InChI=1S/C17H24N4O2/c1-17(2,3)14-4-5-15(22)21(19-14)12-13-6-9-20(10-7-13)16-18-8-11-23-16/h4-5,8,11,13H,6-7,9-10,12H2,1-3H3. The molecule has 3 heterocycles. The normalized spacial score (nSPS) is 16.7. The van der Waals surface area contributed by atoms with Gasteiger partial charge in [-0.05, 0) is 24.8 Å². The van der Waals surface area contributed by atoms with Crippen molar-refractivity contribution >= 4 is 6.01 Å². The lowest BCUT2D eigenvalue weighted by molar-refractivity contribution is 0.323. The molecule has 0 unspecified atom stereocenters. The zero-order chi connectivity index (χ0) is 16.4. The van der Waals surface area contributed by atoms with Gasteiger partial charge < -0.3 is 9.32 Å². The topological polar surface area (TPSA) is 64.2 Å². The first-order chi connectivity index (χ1) is 10.9. The third-order valence-corrected chi connectivity index (χ3v) is 4.37. The third kappa shape index (κ3) is 3.63. The van der Waals surface area contributed by atoms with E-state index < -0.39 is 0 Å². The van der Waals surface area contributed by atoms with E-state index in [1.165, 1.54) is 0 Å². The van der Waals surface area contributed by atoms with Gasteiger partial charge in [0.05, 0.1) is 11.9 Å². The number of aromatic nitrogens is 3. The van der Waals surface area contributed by atoms with Gasteiger partial charge in [0.2, 0.25) is 0 Å². The largest absolute Gasteiger partial charge is 0.432 e. The number of rotatable bonds is 3. The van der Waals surface area contributed by atoms with Crippen LogP contribution in [0.15, 0.2) is 33.8 Å². The molecule has 3 rings (SSSR count). The Morgan fingerprint density at radius 1 is 1.26 bits per heavy atom. The van der Waals surface area contributed by atoms with Crippen LogP contribution in [-0.2, 0) is 12.0 Å². The molecule has 124 valence electrons. The summed E-state index contributed by atoms with van der Waals surface area (Å²) in [5, 5.41) is 4.57. The maximum Gasteiger partial charge on any atom is 0.297 e. The van der Waals surface area contributed by atoms with Crippen LogP contribution in [0.1, 0.15) is 39.3 Å². The van der Waals surface area contributed by atoms with Crippen LogP contribution in [0, 0.1) is 5.92 Å². The summed E-state index contributed by atoms with van der Waals surface area (Å²) < 4.78 is 6.98. The molecule has 0 spiro atoms. The highest BCUT2D eigenvalue weighted by Crippen LogP contribution is 2.23. The summed E-state index contributed by atoms with van der Waals surface area (Å²) in [5.41, 5.74) is 0.881. The third-order valence-electron chi connectivity index (χ3n) is 4.37. The quantitative estimate of drug-likeness (QED) is 0.870. The maximum atomic E-state index is 12.1. The highest BCUT2D eigenvalue weighted by Gasteiger charge is 2.23. The van der Waals surface area contributed by atoms with Crippen LogP contribution in [0.25, 0.3) is 0 Å². The van der Waals surface area contributed by atoms with Crippen LogP contribution in [0.5, 0.6) is 0 Å². The second kappa shape index (κ2) is 6.18. The predicted octanol–water partition coefficient (Wildman–Crippen LogP) is 2.45. The first-order valence-electron chi connectivity index (χ1n) is 8.16. The van der Waals surface area contributed by atoms with Crippen molar-refractivity contribution in [1.29, 1.82) is 0 Å². The molecule has 2 aromatic heterocycles. The van der Waals surface area contributed by atoms with Gasteiger partial charge in [-0.3, -0.25) is 4.79 Å². The smallest absolute Gasteiger partial charge is 0.297 e. The van der Waals surface area contributed by atoms with Crippen LogP contribution in [0.3, 0.4) is 0 Å². The molecule has 1 aliphatic rings. The number of anilines is 1. The molecule has 1 aliphatic heterocycles. The number of piperidine rings is 1. The molecule has 6 nitrogen and oxygen atoms in total. The van der Waals surface area contributed by atoms with E-state index in [2.05, 4.69) is 35.8 Å². The van der Waals surface area contributed by atoms with Crippen LogP contribution in [0.2, 0.25) is 0 Å². The summed E-state index contributed by atoms with van der Waals surface area (Å²) in [5.74, 6) is 0.460. The number of hydrogen-bond acceptors (Lipinski definition) is 5. The molecule has 1 saturated heterocycles. The van der Waals surface area contributed by atoms with E-state index in [4.69, 9.17) is 4.42 Å². The number of nitrogens with zero attached hydrogens (tertiary/aromatic N) is 4. The first kappa shape index (κ1) is 15.8. The van der Waals surface area contributed by atoms with Crippen molar-refractivity contribution in [2.24, 2.45) is 5.92 Å². The molecule has 0 radical (unpaired) electrons. The maximum absolute atomic E-state index is 12.1. The van der Waals surface area contributed by atoms with Crippen molar-refractivity contribution < 1.29 is 4.42 Å². The fraction of sp³-hybridized carbons (Fsp3) is 0.588.